The summed E-state index contributed by atoms with van der Waals surface area (Å²) in [6.07, 6.45) is 19.1. The van der Waals surface area contributed by atoms with Crippen LogP contribution in [0.25, 0.3) is 88.4 Å². The van der Waals surface area contributed by atoms with Crippen molar-refractivity contribution in [1.82, 2.24) is 9.13 Å². The van der Waals surface area contributed by atoms with Gasteiger partial charge in [-0.05, 0) is 105 Å². The Morgan fingerprint density at radius 2 is 1.33 bits per heavy atom. The lowest BCUT2D eigenvalue weighted by atomic mass is 9.82. The lowest BCUT2D eigenvalue weighted by molar-refractivity contribution is 0.660. The van der Waals surface area contributed by atoms with Crippen molar-refractivity contribution in [3.05, 3.63) is 204 Å². The molecule has 0 bridgehead atoms. The Hall–Kier alpha value is -7.56. The van der Waals surface area contributed by atoms with Gasteiger partial charge in [-0.2, -0.15) is 0 Å². The zero-order valence-electron chi connectivity index (χ0n) is 34.2. The Labute approximate surface area is 354 Å². The maximum atomic E-state index is 9.81. The molecule has 0 fully saturated rings. The number of hydrogen-bond acceptors (Lipinski definition) is 1. The molecule has 0 saturated carbocycles. The number of rotatable bonds is 3. The van der Waals surface area contributed by atoms with E-state index in [1.807, 2.05) is 16.7 Å². The molecule has 0 spiro atoms. The average Bonchev–Trinajstić information content (AvgIpc) is 3.90. The molecule has 0 atom stereocenters. The van der Waals surface area contributed by atoms with E-state index in [9.17, 15) is 5.41 Å². The van der Waals surface area contributed by atoms with E-state index in [0.29, 0.717) is 0 Å². The van der Waals surface area contributed by atoms with Crippen molar-refractivity contribution in [1.29, 1.82) is 5.41 Å². The average molecular weight is 783 g/mol. The van der Waals surface area contributed by atoms with Crippen LogP contribution in [-0.2, 0) is 5.41 Å². The maximum absolute atomic E-state index is 9.81. The maximum Gasteiger partial charge on any atom is 0.227 e. The highest BCUT2D eigenvalue weighted by molar-refractivity contribution is 6.27. The van der Waals surface area contributed by atoms with E-state index in [1.54, 1.807) is 0 Å². The lowest BCUT2D eigenvalue weighted by Gasteiger charge is -2.21. The van der Waals surface area contributed by atoms with Crippen LogP contribution >= 0.6 is 0 Å². The molecule has 1 N–H and O–H groups in total. The Balaban J connectivity index is 1.02. The fourth-order valence-corrected chi connectivity index (χ4v) is 10.4. The van der Waals surface area contributed by atoms with Crippen LogP contribution in [0.2, 0.25) is 0 Å². The normalized spacial score (nSPS) is 16.7. The van der Waals surface area contributed by atoms with Gasteiger partial charge in [0.25, 0.3) is 0 Å². The number of nitrogens with zero attached hydrogens (tertiary/aromatic N) is 3. The smallest absolute Gasteiger partial charge is 0.227 e. The topological polar surface area (TPSA) is 46.1 Å². The van der Waals surface area contributed by atoms with Crippen LogP contribution in [0.4, 0.5) is 0 Å². The van der Waals surface area contributed by atoms with Crippen molar-refractivity contribution in [2.24, 2.45) is 4.99 Å². The number of benzene rings is 7. The van der Waals surface area contributed by atoms with E-state index < -0.39 is 0 Å². The van der Waals surface area contributed by atoms with Crippen LogP contribution in [0.5, 0.6) is 0 Å². The Bertz CT molecular complexity index is 3570. The fourth-order valence-electron chi connectivity index (χ4n) is 10.4. The van der Waals surface area contributed by atoms with Gasteiger partial charge >= 0.3 is 0 Å². The van der Waals surface area contributed by atoms with E-state index >= 15 is 0 Å². The van der Waals surface area contributed by atoms with Gasteiger partial charge in [-0.1, -0.05) is 159 Å². The standard InChI is InChI=1S/C57H42N4/c1-57(2)48-24-12-9-20-41(48)42-30-28-36(33-49(42)57)32-38-16-6-13-25-50(38)59-56(58)61-52-27-15-11-23-46(52)55-45-22-8-7-19-40(45)47(35-54(55)61)37-29-31-44-43-21-10-14-26-51(43)60(53(44)34-37)39-17-4-3-5-18-39/h3-4,6-17,19-35,58H,5,18H2,1-2H3/b38-32+,58-56?,59-50?. The molecule has 9 aromatic rings. The molecule has 3 aliphatic carbocycles. The molecule has 0 saturated heterocycles. The van der Waals surface area contributed by atoms with Gasteiger partial charge in [0, 0.05) is 38.2 Å². The molecule has 0 unspecified atom stereocenters. The molecule has 4 nitrogen and oxygen atoms in total. The fraction of sp³-hybridized carbons (Fsp3) is 0.0877. The predicted molar refractivity (Wildman–Crippen MR) is 259 cm³/mol. The first-order chi connectivity index (χ1) is 29.9. The quantitative estimate of drug-likeness (QED) is 0.137. The number of fused-ring (bicyclic) bond motifs is 11. The molecule has 4 heteroatoms. The minimum atomic E-state index is -0.0872. The number of allylic oxidation sites excluding steroid dienone is 9. The first-order valence-electron chi connectivity index (χ1n) is 21.3. The third-order valence-electron chi connectivity index (χ3n) is 13.2. The second kappa shape index (κ2) is 13.5. The molecule has 61 heavy (non-hydrogen) atoms. The summed E-state index contributed by atoms with van der Waals surface area (Å²) in [5, 5.41) is 16.9. The van der Waals surface area contributed by atoms with Gasteiger partial charge in [-0.25, -0.2) is 4.99 Å². The van der Waals surface area contributed by atoms with E-state index in [4.69, 9.17) is 4.99 Å². The van der Waals surface area contributed by atoms with Gasteiger partial charge in [0.05, 0.1) is 27.8 Å². The first-order valence-corrected chi connectivity index (χ1v) is 21.3. The van der Waals surface area contributed by atoms with Gasteiger partial charge in [0.2, 0.25) is 5.96 Å². The molecule has 0 radical (unpaired) electrons. The lowest BCUT2D eigenvalue weighted by Crippen LogP contribution is -2.15. The summed E-state index contributed by atoms with van der Waals surface area (Å²) in [7, 11) is 0. The molecule has 0 aliphatic heterocycles. The number of aromatic nitrogens is 2. The van der Waals surface area contributed by atoms with Crippen LogP contribution in [0, 0.1) is 5.41 Å². The van der Waals surface area contributed by atoms with Crippen molar-refractivity contribution in [2.75, 3.05) is 0 Å². The van der Waals surface area contributed by atoms with Gasteiger partial charge < -0.3 is 4.57 Å². The molecule has 3 aliphatic rings. The molecular formula is C57H42N4. The van der Waals surface area contributed by atoms with E-state index in [-0.39, 0.29) is 11.4 Å². The van der Waals surface area contributed by atoms with Crippen LogP contribution in [0.3, 0.4) is 0 Å². The van der Waals surface area contributed by atoms with Gasteiger partial charge in [0.15, 0.2) is 0 Å². The second-order valence-electron chi connectivity index (χ2n) is 17.0. The molecule has 0 amide bonds. The largest absolute Gasteiger partial charge is 0.313 e. The summed E-state index contributed by atoms with van der Waals surface area (Å²) in [6.45, 7) is 4.63. The highest BCUT2D eigenvalue weighted by atomic mass is 15.1. The van der Waals surface area contributed by atoms with Crippen LogP contribution in [0.1, 0.15) is 43.4 Å². The molecular weight excluding hydrogens is 741 g/mol. The van der Waals surface area contributed by atoms with Crippen molar-refractivity contribution in [3.63, 3.8) is 0 Å². The van der Waals surface area contributed by atoms with Crippen molar-refractivity contribution in [3.8, 4) is 22.3 Å². The van der Waals surface area contributed by atoms with Gasteiger partial charge in [-0.15, -0.1) is 0 Å². The van der Waals surface area contributed by atoms with Gasteiger partial charge in [0.1, 0.15) is 0 Å². The summed E-state index contributed by atoms with van der Waals surface area (Å²) in [4.78, 5) is 5.14. The number of para-hydroxylation sites is 2. The number of nitrogens with one attached hydrogen (secondary N) is 1. The Morgan fingerprint density at radius 3 is 2.18 bits per heavy atom. The first kappa shape index (κ1) is 35.4. The Morgan fingerprint density at radius 1 is 0.607 bits per heavy atom. The van der Waals surface area contributed by atoms with Crippen LogP contribution in [-0.4, -0.2) is 20.8 Å². The molecule has 12 rings (SSSR count). The third kappa shape index (κ3) is 5.38. The predicted octanol–water partition coefficient (Wildman–Crippen LogP) is 14.7. The summed E-state index contributed by atoms with van der Waals surface area (Å²) < 4.78 is 4.50. The zero-order chi connectivity index (χ0) is 40.8. The van der Waals surface area contributed by atoms with E-state index in [1.165, 1.54) is 55.1 Å². The number of aliphatic imine (C=N–C) groups is 1. The summed E-state index contributed by atoms with van der Waals surface area (Å²) in [6, 6.07) is 50.7. The van der Waals surface area contributed by atoms with E-state index in [2.05, 4.69) is 194 Å². The van der Waals surface area contributed by atoms with Crippen molar-refractivity contribution in [2.45, 2.75) is 32.1 Å². The third-order valence-corrected chi connectivity index (χ3v) is 13.2. The summed E-state index contributed by atoms with van der Waals surface area (Å²) >= 11 is 0. The second-order valence-corrected chi connectivity index (χ2v) is 17.0. The molecule has 2 heterocycles. The minimum Gasteiger partial charge on any atom is -0.313 e. The SMILES string of the molecule is CC1(C)c2ccccc2-c2ccc(/C=C3\C=CC=CC3=NC(=N)n3c4ccccc4c4c5ccccc5c(-c5ccc6c7ccccc7n(C7=CC=CCC7)c6c5)cc43)cc21. The zero-order valence-corrected chi connectivity index (χ0v) is 34.2. The Kier molecular flexibility index (Phi) is 7.82. The minimum absolute atomic E-state index is 0.0872. The molecule has 290 valence electrons. The van der Waals surface area contributed by atoms with Crippen LogP contribution < -0.4 is 0 Å². The van der Waals surface area contributed by atoms with Crippen LogP contribution in [0.15, 0.2) is 193 Å². The summed E-state index contributed by atoms with van der Waals surface area (Å²) in [5.74, 6) is 0.173. The summed E-state index contributed by atoms with van der Waals surface area (Å²) in [5.41, 5.74) is 16.0. The highest BCUT2D eigenvalue weighted by Gasteiger charge is 2.35. The van der Waals surface area contributed by atoms with E-state index in [0.717, 1.165) is 68.0 Å². The number of hydrogen-bond donors (Lipinski definition) is 1. The monoisotopic (exact) mass is 782 g/mol. The van der Waals surface area contributed by atoms with Gasteiger partial charge in [-0.3, -0.25) is 9.98 Å². The molecule has 2 aromatic heterocycles. The van der Waals surface area contributed by atoms with Crippen molar-refractivity contribution < 1.29 is 0 Å². The van der Waals surface area contributed by atoms with Crippen molar-refractivity contribution >= 4 is 77.8 Å². The highest BCUT2D eigenvalue weighted by Crippen LogP contribution is 2.49. The molecule has 7 aromatic carbocycles.